The minimum Gasteiger partial charge on any atom is -0.467 e. The van der Waals surface area contributed by atoms with Crippen molar-refractivity contribution in [1.82, 2.24) is 20.1 Å². The van der Waals surface area contributed by atoms with Gasteiger partial charge in [-0.1, -0.05) is 23.3 Å². The first-order chi connectivity index (χ1) is 8.27. The van der Waals surface area contributed by atoms with E-state index in [0.29, 0.717) is 12.6 Å². The third-order valence-corrected chi connectivity index (χ3v) is 2.57. The SMILES string of the molecule is CNCc1nnc(OC)n1-c1ccccc1C. The zero-order valence-electron chi connectivity index (χ0n) is 10.3. The summed E-state index contributed by atoms with van der Waals surface area (Å²) in [5.41, 5.74) is 2.20. The van der Waals surface area contributed by atoms with Gasteiger partial charge in [-0.3, -0.25) is 0 Å². The summed E-state index contributed by atoms with van der Waals surface area (Å²) < 4.78 is 7.17. The molecule has 90 valence electrons. The number of aromatic nitrogens is 3. The predicted octanol–water partition coefficient (Wildman–Crippen LogP) is 1.30. The van der Waals surface area contributed by atoms with Gasteiger partial charge in [0.2, 0.25) is 0 Å². The second kappa shape index (κ2) is 4.97. The number of ether oxygens (including phenoxy) is 1. The van der Waals surface area contributed by atoms with Crippen LogP contribution in [0.1, 0.15) is 11.4 Å². The van der Waals surface area contributed by atoms with E-state index >= 15 is 0 Å². The standard InChI is InChI=1S/C12H16N4O/c1-9-6-4-5-7-10(9)16-11(8-13-2)14-15-12(16)17-3/h4-7,13H,8H2,1-3H3. The van der Waals surface area contributed by atoms with Gasteiger partial charge >= 0.3 is 6.01 Å². The molecule has 0 fully saturated rings. The fourth-order valence-electron chi connectivity index (χ4n) is 1.76. The largest absolute Gasteiger partial charge is 0.467 e. The summed E-state index contributed by atoms with van der Waals surface area (Å²) >= 11 is 0. The van der Waals surface area contributed by atoms with E-state index in [1.165, 1.54) is 0 Å². The Morgan fingerprint density at radius 1 is 1.29 bits per heavy atom. The van der Waals surface area contributed by atoms with Crippen LogP contribution in [0.15, 0.2) is 24.3 Å². The zero-order chi connectivity index (χ0) is 12.3. The fraction of sp³-hybridized carbons (Fsp3) is 0.333. The lowest BCUT2D eigenvalue weighted by Crippen LogP contribution is -2.12. The van der Waals surface area contributed by atoms with Crippen molar-refractivity contribution in [2.45, 2.75) is 13.5 Å². The Bertz CT molecular complexity index is 507. The van der Waals surface area contributed by atoms with Crippen molar-refractivity contribution >= 4 is 0 Å². The molecule has 2 aromatic rings. The van der Waals surface area contributed by atoms with Crippen molar-refractivity contribution < 1.29 is 4.74 Å². The smallest absolute Gasteiger partial charge is 0.321 e. The molecule has 1 N–H and O–H groups in total. The van der Waals surface area contributed by atoms with Gasteiger partial charge < -0.3 is 10.1 Å². The van der Waals surface area contributed by atoms with Crippen LogP contribution in [0.25, 0.3) is 5.69 Å². The van der Waals surface area contributed by atoms with E-state index in [9.17, 15) is 0 Å². The monoisotopic (exact) mass is 232 g/mol. The van der Waals surface area contributed by atoms with Crippen LogP contribution in [0.3, 0.4) is 0 Å². The van der Waals surface area contributed by atoms with Gasteiger partial charge in [0, 0.05) is 0 Å². The first kappa shape index (κ1) is 11.6. The second-order valence-corrected chi connectivity index (χ2v) is 3.76. The molecular weight excluding hydrogens is 216 g/mol. The van der Waals surface area contributed by atoms with Crippen LogP contribution in [0.4, 0.5) is 0 Å². The Kier molecular flexibility index (Phi) is 3.39. The number of hydrogen-bond acceptors (Lipinski definition) is 4. The number of rotatable bonds is 4. The number of nitrogens with zero attached hydrogens (tertiary/aromatic N) is 3. The first-order valence-corrected chi connectivity index (χ1v) is 5.46. The molecule has 0 unspecified atom stereocenters. The molecule has 0 aliphatic heterocycles. The number of aryl methyl sites for hydroxylation is 1. The molecule has 0 aliphatic carbocycles. The Balaban J connectivity index is 2.56. The summed E-state index contributed by atoms with van der Waals surface area (Å²) in [4.78, 5) is 0. The maximum atomic E-state index is 5.24. The van der Waals surface area contributed by atoms with Crippen LogP contribution >= 0.6 is 0 Å². The molecule has 2 rings (SSSR count). The molecule has 1 aromatic carbocycles. The topological polar surface area (TPSA) is 52.0 Å². The highest BCUT2D eigenvalue weighted by Crippen LogP contribution is 2.21. The molecule has 0 bridgehead atoms. The third kappa shape index (κ3) is 2.14. The summed E-state index contributed by atoms with van der Waals surface area (Å²) in [7, 11) is 3.48. The van der Waals surface area contributed by atoms with Crippen LogP contribution in [-0.2, 0) is 6.54 Å². The molecule has 1 aromatic heterocycles. The molecule has 0 saturated heterocycles. The lowest BCUT2D eigenvalue weighted by molar-refractivity contribution is 0.370. The summed E-state index contributed by atoms with van der Waals surface area (Å²) in [6, 6.07) is 8.58. The normalized spacial score (nSPS) is 10.5. The van der Waals surface area contributed by atoms with Crippen molar-refractivity contribution in [1.29, 1.82) is 0 Å². The minimum absolute atomic E-state index is 0.504. The Hall–Kier alpha value is -1.88. The molecule has 1 heterocycles. The Morgan fingerprint density at radius 3 is 2.71 bits per heavy atom. The number of para-hydroxylation sites is 1. The molecular formula is C12H16N4O. The van der Waals surface area contributed by atoms with Gasteiger partial charge in [0.25, 0.3) is 0 Å². The highest BCUT2D eigenvalue weighted by molar-refractivity contribution is 5.42. The van der Waals surface area contributed by atoms with Gasteiger partial charge in [-0.2, -0.15) is 0 Å². The molecule has 0 saturated carbocycles. The molecule has 0 radical (unpaired) electrons. The van der Waals surface area contributed by atoms with Crippen LogP contribution in [0.5, 0.6) is 6.01 Å². The van der Waals surface area contributed by atoms with Crippen LogP contribution in [0.2, 0.25) is 0 Å². The quantitative estimate of drug-likeness (QED) is 0.863. The zero-order valence-corrected chi connectivity index (χ0v) is 10.3. The molecule has 5 nitrogen and oxygen atoms in total. The van der Waals surface area contributed by atoms with E-state index in [1.54, 1.807) is 7.11 Å². The molecule has 0 atom stereocenters. The van der Waals surface area contributed by atoms with E-state index in [1.807, 2.05) is 29.8 Å². The lowest BCUT2D eigenvalue weighted by Gasteiger charge is -2.11. The molecule has 0 spiro atoms. The maximum Gasteiger partial charge on any atom is 0.321 e. The highest BCUT2D eigenvalue weighted by atomic mass is 16.5. The number of hydrogen-bond donors (Lipinski definition) is 1. The predicted molar refractivity (Wildman–Crippen MR) is 65.4 cm³/mol. The average Bonchev–Trinajstić information content (AvgIpc) is 2.73. The number of benzene rings is 1. The van der Waals surface area contributed by atoms with Crippen molar-refractivity contribution in [3.05, 3.63) is 35.7 Å². The first-order valence-electron chi connectivity index (χ1n) is 5.46. The summed E-state index contributed by atoms with van der Waals surface area (Å²) in [5.74, 6) is 0.832. The maximum absolute atomic E-state index is 5.24. The summed E-state index contributed by atoms with van der Waals surface area (Å²) in [5, 5.41) is 11.2. The van der Waals surface area contributed by atoms with Crippen molar-refractivity contribution in [2.75, 3.05) is 14.2 Å². The molecule has 5 heteroatoms. The van der Waals surface area contributed by atoms with Crippen molar-refractivity contribution in [3.8, 4) is 11.7 Å². The minimum atomic E-state index is 0.504. The fourth-order valence-corrected chi connectivity index (χ4v) is 1.76. The Labute approximate surface area is 100 Å². The van der Waals surface area contributed by atoms with E-state index in [0.717, 1.165) is 17.1 Å². The second-order valence-electron chi connectivity index (χ2n) is 3.76. The van der Waals surface area contributed by atoms with Gasteiger partial charge in [-0.15, -0.1) is 5.10 Å². The number of nitrogens with one attached hydrogen (secondary N) is 1. The van der Waals surface area contributed by atoms with Gasteiger partial charge in [-0.25, -0.2) is 4.57 Å². The molecule has 17 heavy (non-hydrogen) atoms. The van der Waals surface area contributed by atoms with Gasteiger partial charge in [0.15, 0.2) is 5.82 Å². The molecule has 0 aliphatic rings. The highest BCUT2D eigenvalue weighted by Gasteiger charge is 2.14. The Morgan fingerprint density at radius 2 is 2.06 bits per heavy atom. The van der Waals surface area contributed by atoms with Gasteiger partial charge in [0.05, 0.1) is 19.3 Å². The van der Waals surface area contributed by atoms with Crippen LogP contribution in [-0.4, -0.2) is 28.9 Å². The average molecular weight is 232 g/mol. The lowest BCUT2D eigenvalue weighted by atomic mass is 10.2. The van der Waals surface area contributed by atoms with Crippen molar-refractivity contribution in [2.24, 2.45) is 0 Å². The van der Waals surface area contributed by atoms with E-state index < -0.39 is 0 Å². The number of methoxy groups -OCH3 is 1. The van der Waals surface area contributed by atoms with Gasteiger partial charge in [-0.05, 0) is 25.6 Å². The van der Waals surface area contributed by atoms with Crippen LogP contribution in [0, 0.1) is 6.92 Å². The van der Waals surface area contributed by atoms with E-state index in [-0.39, 0.29) is 0 Å². The van der Waals surface area contributed by atoms with E-state index in [4.69, 9.17) is 4.74 Å². The van der Waals surface area contributed by atoms with E-state index in [2.05, 4.69) is 28.5 Å². The third-order valence-electron chi connectivity index (χ3n) is 2.57. The summed E-state index contributed by atoms with van der Waals surface area (Å²) in [6.07, 6.45) is 0. The summed E-state index contributed by atoms with van der Waals surface area (Å²) in [6.45, 7) is 2.70. The molecule has 0 amide bonds. The van der Waals surface area contributed by atoms with Crippen LogP contribution < -0.4 is 10.1 Å². The van der Waals surface area contributed by atoms with Gasteiger partial charge in [0.1, 0.15) is 0 Å². The van der Waals surface area contributed by atoms with Crippen molar-refractivity contribution in [3.63, 3.8) is 0 Å².